The molecule has 0 saturated heterocycles. The van der Waals surface area contributed by atoms with Gasteiger partial charge in [0.25, 0.3) is 0 Å². The second-order valence-electron chi connectivity index (χ2n) is 5.28. The van der Waals surface area contributed by atoms with Crippen LogP contribution in [0.15, 0.2) is 54.9 Å². The number of halogens is 1. The van der Waals surface area contributed by atoms with Crippen LogP contribution in [0.25, 0.3) is 16.9 Å². The average molecular weight is 335 g/mol. The number of benzene rings is 1. The van der Waals surface area contributed by atoms with Crippen LogP contribution in [-0.2, 0) is 6.54 Å². The lowest BCUT2D eigenvalue weighted by molar-refractivity contribution is 0.572. The summed E-state index contributed by atoms with van der Waals surface area (Å²) in [5.74, 6) is 0.522. The molecule has 3 heterocycles. The number of nitrogens with zero attached hydrogens (tertiary/aromatic N) is 6. The Hall–Kier alpha value is -3.17. The Kier molecular flexibility index (Phi) is 3.48. The molecule has 0 N–H and O–H groups in total. The van der Waals surface area contributed by atoms with Gasteiger partial charge in [0.05, 0.1) is 17.6 Å². The Labute approximate surface area is 142 Å². The standard InChI is InChI=1S/C17H11ClN6/c18-14-6-4-12(5-7-14)17-20-22-24(21-17)11-13-10-23-8-2-1-3-16(23)15(13)9-19/h1-8,10H,11H2. The van der Waals surface area contributed by atoms with Crippen LogP contribution < -0.4 is 0 Å². The Morgan fingerprint density at radius 3 is 2.75 bits per heavy atom. The summed E-state index contributed by atoms with van der Waals surface area (Å²) in [5, 5.41) is 22.6. The van der Waals surface area contributed by atoms with Crippen molar-refractivity contribution in [2.45, 2.75) is 6.54 Å². The summed E-state index contributed by atoms with van der Waals surface area (Å²) in [6.45, 7) is 0.380. The van der Waals surface area contributed by atoms with Crippen molar-refractivity contribution in [3.63, 3.8) is 0 Å². The molecular weight excluding hydrogens is 324 g/mol. The van der Waals surface area contributed by atoms with E-state index in [0.717, 1.165) is 16.6 Å². The number of aromatic nitrogens is 5. The van der Waals surface area contributed by atoms with E-state index < -0.39 is 0 Å². The predicted molar refractivity (Wildman–Crippen MR) is 89.5 cm³/mol. The van der Waals surface area contributed by atoms with Crippen LogP contribution >= 0.6 is 11.6 Å². The highest BCUT2D eigenvalue weighted by atomic mass is 35.5. The number of nitriles is 1. The summed E-state index contributed by atoms with van der Waals surface area (Å²) >= 11 is 5.89. The minimum Gasteiger partial charge on any atom is -0.322 e. The quantitative estimate of drug-likeness (QED) is 0.577. The topological polar surface area (TPSA) is 71.8 Å². The zero-order chi connectivity index (χ0) is 16.5. The molecule has 24 heavy (non-hydrogen) atoms. The van der Waals surface area contributed by atoms with E-state index in [4.69, 9.17) is 11.6 Å². The van der Waals surface area contributed by atoms with Crippen molar-refractivity contribution < 1.29 is 0 Å². The van der Waals surface area contributed by atoms with Gasteiger partial charge in [0, 0.05) is 28.5 Å². The van der Waals surface area contributed by atoms with Crippen molar-refractivity contribution >= 4 is 17.1 Å². The predicted octanol–water partition coefficient (Wildman–Crippen LogP) is 3.17. The number of pyridine rings is 1. The summed E-state index contributed by atoms with van der Waals surface area (Å²) < 4.78 is 1.92. The third-order valence-corrected chi connectivity index (χ3v) is 3.99. The van der Waals surface area contributed by atoms with Crippen LogP contribution in [0, 0.1) is 11.3 Å². The summed E-state index contributed by atoms with van der Waals surface area (Å²) in [7, 11) is 0. The second kappa shape index (κ2) is 5.80. The number of hydrogen-bond donors (Lipinski definition) is 0. The van der Waals surface area contributed by atoms with Crippen molar-refractivity contribution in [3.05, 3.63) is 71.0 Å². The molecule has 3 aromatic heterocycles. The number of fused-ring (bicyclic) bond motifs is 1. The van der Waals surface area contributed by atoms with Crippen molar-refractivity contribution in [2.75, 3.05) is 0 Å². The molecule has 0 atom stereocenters. The zero-order valence-electron chi connectivity index (χ0n) is 12.5. The molecule has 0 saturated carbocycles. The molecule has 0 aliphatic rings. The van der Waals surface area contributed by atoms with Gasteiger partial charge in [0.1, 0.15) is 6.07 Å². The number of hydrogen-bond acceptors (Lipinski definition) is 4. The summed E-state index contributed by atoms with van der Waals surface area (Å²) in [5.41, 5.74) is 3.19. The normalized spacial score (nSPS) is 10.8. The van der Waals surface area contributed by atoms with Gasteiger partial charge in [-0.25, -0.2) is 0 Å². The molecule has 116 valence electrons. The zero-order valence-corrected chi connectivity index (χ0v) is 13.2. The monoisotopic (exact) mass is 334 g/mol. The third kappa shape index (κ3) is 2.51. The maximum Gasteiger partial charge on any atom is 0.204 e. The maximum atomic E-state index is 9.45. The van der Waals surface area contributed by atoms with Crippen LogP contribution in [-0.4, -0.2) is 24.6 Å². The first kappa shape index (κ1) is 14.4. The molecule has 0 bridgehead atoms. The Balaban J connectivity index is 1.67. The molecule has 1 aromatic carbocycles. The van der Waals surface area contributed by atoms with Crippen LogP contribution in [0.4, 0.5) is 0 Å². The van der Waals surface area contributed by atoms with Gasteiger partial charge in [0.15, 0.2) is 0 Å². The van der Waals surface area contributed by atoms with Gasteiger partial charge in [0.2, 0.25) is 5.82 Å². The fourth-order valence-corrected chi connectivity index (χ4v) is 2.73. The summed E-state index contributed by atoms with van der Waals surface area (Å²) in [4.78, 5) is 1.49. The maximum absolute atomic E-state index is 9.45. The summed E-state index contributed by atoms with van der Waals surface area (Å²) in [6.07, 6.45) is 3.83. The van der Waals surface area contributed by atoms with Gasteiger partial charge in [-0.15, -0.1) is 10.2 Å². The van der Waals surface area contributed by atoms with Gasteiger partial charge < -0.3 is 4.40 Å². The molecule has 7 heteroatoms. The van der Waals surface area contributed by atoms with Crippen LogP contribution in [0.2, 0.25) is 5.02 Å². The molecule has 0 spiro atoms. The lowest BCUT2D eigenvalue weighted by Crippen LogP contribution is -2.04. The van der Waals surface area contributed by atoms with E-state index in [-0.39, 0.29) is 0 Å². The molecule has 0 amide bonds. The smallest absolute Gasteiger partial charge is 0.204 e. The second-order valence-corrected chi connectivity index (χ2v) is 5.72. The van der Waals surface area contributed by atoms with Crippen molar-refractivity contribution in [1.29, 1.82) is 5.26 Å². The SMILES string of the molecule is N#Cc1c(Cn2nnc(-c3ccc(Cl)cc3)n2)cn2ccccc12. The lowest BCUT2D eigenvalue weighted by Gasteiger charge is -1.97. The van der Waals surface area contributed by atoms with E-state index in [9.17, 15) is 5.26 Å². The van der Waals surface area contributed by atoms with Gasteiger partial charge in [-0.05, 0) is 41.6 Å². The van der Waals surface area contributed by atoms with E-state index in [2.05, 4.69) is 21.5 Å². The van der Waals surface area contributed by atoms with E-state index in [1.54, 1.807) is 12.1 Å². The molecule has 4 rings (SSSR count). The molecule has 4 aromatic rings. The van der Waals surface area contributed by atoms with Crippen molar-refractivity contribution in [1.82, 2.24) is 24.6 Å². The highest BCUT2D eigenvalue weighted by Crippen LogP contribution is 2.20. The number of rotatable bonds is 3. The average Bonchev–Trinajstić information content (AvgIpc) is 3.20. The summed E-state index contributed by atoms with van der Waals surface area (Å²) in [6, 6.07) is 15.3. The van der Waals surface area contributed by atoms with Gasteiger partial charge in [-0.3, -0.25) is 0 Å². The van der Waals surface area contributed by atoms with E-state index in [0.29, 0.717) is 23.0 Å². The largest absolute Gasteiger partial charge is 0.322 e. The minimum absolute atomic E-state index is 0.380. The van der Waals surface area contributed by atoms with Crippen LogP contribution in [0.3, 0.4) is 0 Å². The highest BCUT2D eigenvalue weighted by molar-refractivity contribution is 6.30. The molecule has 0 aliphatic heterocycles. The van der Waals surface area contributed by atoms with E-state index >= 15 is 0 Å². The minimum atomic E-state index is 0.380. The first-order valence-corrected chi connectivity index (χ1v) is 7.65. The molecule has 0 fully saturated rings. The van der Waals surface area contributed by atoms with Gasteiger partial charge in [-0.2, -0.15) is 10.1 Å². The molecule has 0 unspecified atom stereocenters. The fourth-order valence-electron chi connectivity index (χ4n) is 2.60. The lowest BCUT2D eigenvalue weighted by atomic mass is 10.2. The first-order chi connectivity index (χ1) is 11.7. The van der Waals surface area contributed by atoms with Crippen LogP contribution in [0.1, 0.15) is 11.1 Å². The van der Waals surface area contributed by atoms with E-state index in [1.165, 1.54) is 4.80 Å². The van der Waals surface area contributed by atoms with Crippen molar-refractivity contribution in [2.24, 2.45) is 0 Å². The molecule has 0 radical (unpaired) electrons. The van der Waals surface area contributed by atoms with Crippen LogP contribution in [0.5, 0.6) is 0 Å². The Bertz CT molecular complexity index is 1050. The Morgan fingerprint density at radius 1 is 1.12 bits per heavy atom. The van der Waals surface area contributed by atoms with Gasteiger partial charge in [-0.1, -0.05) is 17.7 Å². The van der Waals surface area contributed by atoms with Gasteiger partial charge >= 0.3 is 0 Å². The van der Waals surface area contributed by atoms with E-state index in [1.807, 2.05) is 47.1 Å². The first-order valence-electron chi connectivity index (χ1n) is 7.27. The highest BCUT2D eigenvalue weighted by Gasteiger charge is 2.12. The third-order valence-electron chi connectivity index (χ3n) is 3.74. The molecule has 0 aliphatic carbocycles. The molecular formula is C17H11ClN6. The molecule has 6 nitrogen and oxygen atoms in total. The van der Waals surface area contributed by atoms with Crippen molar-refractivity contribution in [3.8, 4) is 17.5 Å². The number of tetrazole rings is 1. The Morgan fingerprint density at radius 2 is 1.96 bits per heavy atom. The fraction of sp³-hybridized carbons (Fsp3) is 0.0588.